The first-order chi connectivity index (χ1) is 17.5. The molecule has 1 heterocycles. The van der Waals surface area contributed by atoms with Crippen LogP contribution in [-0.2, 0) is 5.79 Å². The first kappa shape index (κ1) is 22.5. The smallest absolute Gasteiger partial charge is 0.275 e. The quantitative estimate of drug-likeness (QED) is 0.215. The summed E-state index contributed by atoms with van der Waals surface area (Å²) in [6.07, 6.45) is 0. The van der Waals surface area contributed by atoms with Crippen LogP contribution in [0, 0.1) is 5.82 Å². The van der Waals surface area contributed by atoms with E-state index in [1.165, 1.54) is 12.1 Å². The van der Waals surface area contributed by atoms with Crippen molar-refractivity contribution in [2.45, 2.75) is 12.7 Å². The summed E-state index contributed by atoms with van der Waals surface area (Å²) in [6.45, 7) is 1.80. The standard InChI is InChI=1S/C31H21BrFNO2/c1-31(24-13-8-14-25(33)19-24)35-28-17-22-15-26(32)27(16-23(22)18-29(28)36-31)34-30(20-9-4-2-5-10-20)21-11-6-3-7-12-21/h2-19H,1H3. The number of aliphatic imine (C=N–C) groups is 1. The third-order valence-electron chi connectivity index (χ3n) is 6.25. The van der Waals surface area contributed by atoms with Crippen LogP contribution < -0.4 is 9.47 Å². The predicted octanol–water partition coefficient (Wildman–Crippen LogP) is 8.55. The lowest BCUT2D eigenvalue weighted by Crippen LogP contribution is -2.31. The van der Waals surface area contributed by atoms with E-state index >= 15 is 0 Å². The molecule has 0 saturated heterocycles. The molecule has 176 valence electrons. The largest absolute Gasteiger partial charge is 0.445 e. The average Bonchev–Trinajstić information content (AvgIpc) is 3.23. The maximum absolute atomic E-state index is 13.9. The van der Waals surface area contributed by atoms with Gasteiger partial charge in [-0.15, -0.1) is 0 Å². The van der Waals surface area contributed by atoms with Gasteiger partial charge in [-0.25, -0.2) is 9.38 Å². The summed E-state index contributed by atoms with van der Waals surface area (Å²) in [5.74, 6) is -0.209. The van der Waals surface area contributed by atoms with Crippen LogP contribution in [0.4, 0.5) is 10.1 Å². The molecule has 0 aliphatic carbocycles. The SMILES string of the molecule is CC1(c2cccc(F)c2)Oc2cc3cc(Br)c(N=C(c4ccccc4)c4ccccc4)cc3cc2O1. The van der Waals surface area contributed by atoms with Gasteiger partial charge in [-0.1, -0.05) is 72.8 Å². The number of halogens is 2. The minimum atomic E-state index is -1.10. The molecule has 1 atom stereocenters. The first-order valence-electron chi connectivity index (χ1n) is 11.6. The fourth-order valence-electron chi connectivity index (χ4n) is 4.45. The molecule has 0 aromatic heterocycles. The third kappa shape index (κ3) is 4.16. The molecule has 1 aliphatic rings. The lowest BCUT2D eigenvalue weighted by Gasteiger charge is -2.23. The lowest BCUT2D eigenvalue weighted by molar-refractivity contribution is -0.0682. The summed E-state index contributed by atoms with van der Waals surface area (Å²) in [7, 11) is 0. The predicted molar refractivity (Wildman–Crippen MR) is 145 cm³/mol. The molecule has 3 nitrogen and oxygen atoms in total. The van der Waals surface area contributed by atoms with Crippen LogP contribution in [0.25, 0.3) is 10.8 Å². The molecule has 5 heteroatoms. The Hall–Kier alpha value is -3.96. The van der Waals surface area contributed by atoms with E-state index in [4.69, 9.17) is 14.5 Å². The van der Waals surface area contributed by atoms with Gasteiger partial charge in [0.1, 0.15) is 5.82 Å². The Balaban J connectivity index is 1.44. The summed E-state index contributed by atoms with van der Waals surface area (Å²) >= 11 is 3.72. The molecule has 0 radical (unpaired) electrons. The minimum absolute atomic E-state index is 0.332. The molecule has 0 N–H and O–H groups in total. The first-order valence-corrected chi connectivity index (χ1v) is 12.4. The second-order valence-corrected chi connectivity index (χ2v) is 9.66. The zero-order chi connectivity index (χ0) is 24.7. The van der Waals surface area contributed by atoms with Gasteiger partial charge < -0.3 is 9.47 Å². The Morgan fingerprint density at radius 1 is 0.722 bits per heavy atom. The van der Waals surface area contributed by atoms with Gasteiger partial charge in [0, 0.05) is 28.1 Å². The van der Waals surface area contributed by atoms with E-state index in [1.54, 1.807) is 19.1 Å². The van der Waals surface area contributed by atoms with Gasteiger partial charge in [0.05, 0.1) is 11.4 Å². The number of ether oxygens (including phenoxy) is 2. The fourth-order valence-corrected chi connectivity index (χ4v) is 4.90. The van der Waals surface area contributed by atoms with Crippen LogP contribution in [0.15, 0.2) is 119 Å². The van der Waals surface area contributed by atoms with Crippen molar-refractivity contribution in [3.63, 3.8) is 0 Å². The van der Waals surface area contributed by atoms with Crippen LogP contribution in [0.5, 0.6) is 11.5 Å². The van der Waals surface area contributed by atoms with E-state index in [2.05, 4.69) is 40.2 Å². The van der Waals surface area contributed by atoms with E-state index in [0.29, 0.717) is 17.1 Å². The monoisotopic (exact) mass is 537 g/mol. The van der Waals surface area contributed by atoms with E-state index in [9.17, 15) is 4.39 Å². The molecule has 5 aromatic carbocycles. The molecule has 0 bridgehead atoms. The van der Waals surface area contributed by atoms with Crippen molar-refractivity contribution < 1.29 is 13.9 Å². The van der Waals surface area contributed by atoms with Crippen molar-refractivity contribution in [1.29, 1.82) is 0 Å². The Morgan fingerprint density at radius 3 is 1.89 bits per heavy atom. The highest BCUT2D eigenvalue weighted by molar-refractivity contribution is 9.10. The minimum Gasteiger partial charge on any atom is -0.445 e. The highest BCUT2D eigenvalue weighted by atomic mass is 79.9. The van der Waals surface area contributed by atoms with Crippen molar-refractivity contribution in [1.82, 2.24) is 0 Å². The number of fused-ring (bicyclic) bond motifs is 2. The second-order valence-electron chi connectivity index (χ2n) is 8.80. The molecule has 5 aromatic rings. The molecule has 1 unspecified atom stereocenters. The molecule has 0 fully saturated rings. The van der Waals surface area contributed by atoms with Gasteiger partial charge in [-0.3, -0.25) is 0 Å². The van der Waals surface area contributed by atoms with E-state index in [-0.39, 0.29) is 5.82 Å². The van der Waals surface area contributed by atoms with Crippen LogP contribution in [-0.4, -0.2) is 5.71 Å². The Bertz CT molecular complexity index is 1580. The van der Waals surface area contributed by atoms with Crippen molar-refractivity contribution in [3.05, 3.63) is 136 Å². The summed E-state index contributed by atoms with van der Waals surface area (Å²) in [4.78, 5) is 5.08. The van der Waals surface area contributed by atoms with Crippen LogP contribution in [0.1, 0.15) is 23.6 Å². The van der Waals surface area contributed by atoms with E-state index in [1.807, 2.05) is 60.7 Å². The molecule has 0 amide bonds. The maximum Gasteiger partial charge on any atom is 0.275 e. The summed E-state index contributed by atoms with van der Waals surface area (Å²) < 4.78 is 27.1. The molecule has 0 saturated carbocycles. The summed E-state index contributed by atoms with van der Waals surface area (Å²) in [5, 5.41) is 1.94. The molecular formula is C31H21BrFNO2. The van der Waals surface area contributed by atoms with Gasteiger partial charge in [-0.2, -0.15) is 0 Å². The topological polar surface area (TPSA) is 30.8 Å². The van der Waals surface area contributed by atoms with Crippen molar-refractivity contribution >= 4 is 38.1 Å². The fraction of sp³-hybridized carbons (Fsp3) is 0.0645. The van der Waals surface area contributed by atoms with Gasteiger partial charge in [0.15, 0.2) is 11.5 Å². The maximum atomic E-state index is 13.9. The zero-order valence-electron chi connectivity index (χ0n) is 19.4. The molecular weight excluding hydrogens is 517 g/mol. The number of benzene rings is 5. The van der Waals surface area contributed by atoms with Gasteiger partial charge in [0.25, 0.3) is 5.79 Å². The zero-order valence-corrected chi connectivity index (χ0v) is 21.0. The number of nitrogens with zero attached hydrogens (tertiary/aromatic N) is 1. The molecule has 6 rings (SSSR count). The third-order valence-corrected chi connectivity index (χ3v) is 6.89. The highest BCUT2D eigenvalue weighted by Crippen LogP contribution is 2.47. The summed E-state index contributed by atoms with van der Waals surface area (Å²) in [5.41, 5.74) is 4.37. The van der Waals surface area contributed by atoms with Crippen LogP contribution >= 0.6 is 15.9 Å². The molecule has 0 spiro atoms. The number of rotatable bonds is 4. The van der Waals surface area contributed by atoms with Crippen molar-refractivity contribution in [2.24, 2.45) is 4.99 Å². The van der Waals surface area contributed by atoms with Crippen LogP contribution in [0.3, 0.4) is 0 Å². The van der Waals surface area contributed by atoms with E-state index in [0.717, 1.165) is 37.8 Å². The van der Waals surface area contributed by atoms with Gasteiger partial charge in [0.2, 0.25) is 0 Å². The molecule has 1 aliphatic heterocycles. The summed E-state index contributed by atoms with van der Waals surface area (Å²) in [6, 6.07) is 34.5. The number of hydrogen-bond acceptors (Lipinski definition) is 3. The normalized spacial score (nSPS) is 16.2. The Labute approximate surface area is 217 Å². The Morgan fingerprint density at radius 2 is 1.31 bits per heavy atom. The van der Waals surface area contributed by atoms with Gasteiger partial charge in [-0.05, 0) is 63.1 Å². The second kappa shape index (κ2) is 8.92. The number of hydrogen-bond donors (Lipinski definition) is 0. The van der Waals surface area contributed by atoms with Crippen molar-refractivity contribution in [2.75, 3.05) is 0 Å². The van der Waals surface area contributed by atoms with Crippen molar-refractivity contribution in [3.8, 4) is 11.5 Å². The van der Waals surface area contributed by atoms with Gasteiger partial charge >= 0.3 is 0 Å². The van der Waals surface area contributed by atoms with E-state index < -0.39 is 5.79 Å². The lowest BCUT2D eigenvalue weighted by atomic mass is 10.0. The van der Waals surface area contributed by atoms with Crippen LogP contribution in [0.2, 0.25) is 0 Å². The highest BCUT2D eigenvalue weighted by Gasteiger charge is 2.39. The molecule has 36 heavy (non-hydrogen) atoms. The average molecular weight is 538 g/mol. The Kier molecular flexibility index (Phi) is 5.57.